The molecule has 0 aliphatic rings. The highest BCUT2D eigenvalue weighted by Gasteiger charge is 2.09. The number of rotatable bonds is 13. The molecule has 2 aromatic carbocycles. The smallest absolute Gasteiger partial charge is 0.282 e. The van der Waals surface area contributed by atoms with E-state index in [1.807, 2.05) is 21.6 Å². The number of benzene rings is 2. The molecule has 0 aliphatic carbocycles. The van der Waals surface area contributed by atoms with Crippen LogP contribution in [0, 0.1) is 0 Å². The molecule has 0 fully saturated rings. The second-order valence-electron chi connectivity index (χ2n) is 6.80. The molecule has 0 aliphatic heterocycles. The molecule has 0 radical (unpaired) electrons. The van der Waals surface area contributed by atoms with Crippen LogP contribution < -0.4 is 0 Å². The highest BCUT2D eigenvalue weighted by molar-refractivity contribution is 8.76. The first-order valence-corrected chi connectivity index (χ1v) is 14.9. The summed E-state index contributed by atoms with van der Waals surface area (Å²) >= 11 is 0. The van der Waals surface area contributed by atoms with Gasteiger partial charge in [0.15, 0.2) is 0 Å². The Balaban J connectivity index is 1.49. The number of hydrogen-bond acceptors (Lipinski definition) is 6. The van der Waals surface area contributed by atoms with E-state index in [0.717, 1.165) is 61.2 Å². The minimum Gasteiger partial charge on any atom is -0.282 e. The SMILES string of the molecule is O=S(=O)(O)c1ccc(CCCCSSCCCCc2ccc(S(=O)(=O)O)cc2)cc1. The van der Waals surface area contributed by atoms with Crippen LogP contribution >= 0.6 is 21.6 Å². The van der Waals surface area contributed by atoms with E-state index in [0.29, 0.717) is 0 Å². The van der Waals surface area contributed by atoms with Crippen LogP contribution in [-0.2, 0) is 33.1 Å². The van der Waals surface area contributed by atoms with Crippen molar-refractivity contribution in [2.75, 3.05) is 11.5 Å². The third-order valence-corrected chi connectivity index (χ3v) is 8.73. The third-order valence-electron chi connectivity index (χ3n) is 4.41. The third kappa shape index (κ3) is 9.40. The van der Waals surface area contributed by atoms with Gasteiger partial charge in [0.2, 0.25) is 0 Å². The first-order valence-electron chi connectivity index (χ1n) is 9.53. The summed E-state index contributed by atoms with van der Waals surface area (Å²) < 4.78 is 62.0. The maximum absolute atomic E-state index is 11.0. The lowest BCUT2D eigenvalue weighted by Gasteiger charge is -2.04. The summed E-state index contributed by atoms with van der Waals surface area (Å²) in [6, 6.07) is 12.7. The van der Waals surface area contributed by atoms with Crippen LogP contribution in [0.3, 0.4) is 0 Å². The second-order valence-corrected chi connectivity index (χ2v) is 12.3. The Morgan fingerprint density at radius 1 is 0.567 bits per heavy atom. The van der Waals surface area contributed by atoms with Crippen LogP contribution in [0.4, 0.5) is 0 Å². The summed E-state index contributed by atoms with van der Waals surface area (Å²) in [6.45, 7) is 0. The molecule has 6 nitrogen and oxygen atoms in total. The van der Waals surface area contributed by atoms with E-state index >= 15 is 0 Å². The molecular weight excluding hydrogens is 464 g/mol. The van der Waals surface area contributed by atoms with Crippen LogP contribution in [0.25, 0.3) is 0 Å². The molecule has 30 heavy (non-hydrogen) atoms. The van der Waals surface area contributed by atoms with Crippen molar-refractivity contribution in [2.45, 2.75) is 48.3 Å². The lowest BCUT2D eigenvalue weighted by Crippen LogP contribution is -1.98. The van der Waals surface area contributed by atoms with Gasteiger partial charge in [-0.25, -0.2) is 0 Å². The summed E-state index contributed by atoms with van der Waals surface area (Å²) in [5, 5.41) is 0. The van der Waals surface area contributed by atoms with Gasteiger partial charge in [-0.1, -0.05) is 45.9 Å². The van der Waals surface area contributed by atoms with E-state index in [-0.39, 0.29) is 9.79 Å². The Morgan fingerprint density at radius 3 is 1.20 bits per heavy atom. The van der Waals surface area contributed by atoms with Crippen molar-refractivity contribution in [1.29, 1.82) is 0 Å². The molecule has 2 rings (SSSR count). The molecular formula is C20H26O6S4. The summed E-state index contributed by atoms with van der Waals surface area (Å²) in [7, 11) is -4.53. The van der Waals surface area contributed by atoms with Crippen LogP contribution in [0.15, 0.2) is 58.3 Å². The lowest BCUT2D eigenvalue weighted by atomic mass is 10.1. The normalized spacial score (nSPS) is 12.2. The van der Waals surface area contributed by atoms with Crippen molar-refractivity contribution in [3.05, 3.63) is 59.7 Å². The molecule has 2 N–H and O–H groups in total. The average Bonchev–Trinajstić information content (AvgIpc) is 2.69. The van der Waals surface area contributed by atoms with Gasteiger partial charge in [0.25, 0.3) is 20.2 Å². The number of unbranched alkanes of at least 4 members (excludes halogenated alkanes) is 2. The maximum atomic E-state index is 11.0. The highest BCUT2D eigenvalue weighted by Crippen LogP contribution is 2.24. The Kier molecular flexibility index (Phi) is 10.2. The topological polar surface area (TPSA) is 109 Å². The zero-order chi connectivity index (χ0) is 22.0. The molecule has 0 unspecified atom stereocenters. The second kappa shape index (κ2) is 12.1. The standard InChI is InChI=1S/C20H26O6S4/c21-29(22,23)19-11-7-17(8-12-19)5-1-3-15-27-28-16-4-2-6-18-9-13-20(14-10-18)30(24,25)26/h7-14H,1-6,15-16H2,(H,21,22,23)(H,24,25,26). The molecule has 0 bridgehead atoms. The fourth-order valence-electron chi connectivity index (χ4n) is 2.75. The molecule has 166 valence electrons. The van der Waals surface area contributed by atoms with Gasteiger partial charge >= 0.3 is 0 Å². The lowest BCUT2D eigenvalue weighted by molar-refractivity contribution is 0.481. The number of hydrogen-bond donors (Lipinski definition) is 2. The summed E-state index contributed by atoms with van der Waals surface area (Å²) in [6.07, 6.45) is 5.98. The van der Waals surface area contributed by atoms with Gasteiger partial charge in [-0.05, 0) is 73.9 Å². The van der Waals surface area contributed by atoms with Crippen molar-refractivity contribution in [3.63, 3.8) is 0 Å². The predicted octanol–water partition coefficient (Wildman–Crippen LogP) is 4.91. The predicted molar refractivity (Wildman–Crippen MR) is 123 cm³/mol. The van der Waals surface area contributed by atoms with Gasteiger partial charge < -0.3 is 0 Å². The molecule has 0 spiro atoms. The zero-order valence-corrected chi connectivity index (χ0v) is 19.7. The summed E-state index contributed by atoms with van der Waals surface area (Å²) in [4.78, 5) is -0.151. The van der Waals surface area contributed by atoms with Crippen LogP contribution in [0.2, 0.25) is 0 Å². The molecule has 2 aromatic rings. The van der Waals surface area contributed by atoms with Crippen molar-refractivity contribution < 1.29 is 25.9 Å². The van der Waals surface area contributed by atoms with Crippen molar-refractivity contribution >= 4 is 41.8 Å². The fraction of sp³-hybridized carbons (Fsp3) is 0.400. The molecule has 0 heterocycles. The molecule has 0 amide bonds. The van der Waals surface area contributed by atoms with E-state index in [2.05, 4.69) is 0 Å². The van der Waals surface area contributed by atoms with E-state index in [9.17, 15) is 16.8 Å². The van der Waals surface area contributed by atoms with E-state index in [1.165, 1.54) is 24.3 Å². The van der Waals surface area contributed by atoms with Gasteiger partial charge in [0.1, 0.15) is 0 Å². The van der Waals surface area contributed by atoms with Crippen LogP contribution in [0.5, 0.6) is 0 Å². The molecule has 0 saturated heterocycles. The van der Waals surface area contributed by atoms with Gasteiger partial charge in [0.05, 0.1) is 9.79 Å². The quantitative estimate of drug-likeness (QED) is 0.232. The Bertz CT molecular complexity index is 901. The van der Waals surface area contributed by atoms with E-state index < -0.39 is 20.2 Å². The monoisotopic (exact) mass is 490 g/mol. The fourth-order valence-corrected chi connectivity index (χ4v) is 6.01. The van der Waals surface area contributed by atoms with Gasteiger partial charge in [-0.15, -0.1) is 0 Å². The summed E-state index contributed by atoms with van der Waals surface area (Å²) in [5.74, 6) is 2.12. The number of aryl methyl sites for hydroxylation is 2. The Morgan fingerprint density at radius 2 is 0.900 bits per heavy atom. The zero-order valence-electron chi connectivity index (χ0n) is 16.4. The van der Waals surface area contributed by atoms with Gasteiger partial charge in [-0.2, -0.15) is 16.8 Å². The van der Waals surface area contributed by atoms with Crippen molar-refractivity contribution in [3.8, 4) is 0 Å². The minimum atomic E-state index is -4.12. The van der Waals surface area contributed by atoms with Crippen molar-refractivity contribution in [1.82, 2.24) is 0 Å². The first-order chi connectivity index (χ1) is 14.2. The average molecular weight is 491 g/mol. The highest BCUT2D eigenvalue weighted by atomic mass is 33.1. The molecule has 0 aromatic heterocycles. The first kappa shape index (κ1) is 25.2. The maximum Gasteiger partial charge on any atom is 0.294 e. The van der Waals surface area contributed by atoms with E-state index in [4.69, 9.17) is 9.11 Å². The Labute approximate surface area is 186 Å². The molecule has 0 saturated carbocycles. The van der Waals surface area contributed by atoms with E-state index in [1.54, 1.807) is 24.3 Å². The van der Waals surface area contributed by atoms with Crippen molar-refractivity contribution in [2.24, 2.45) is 0 Å². The minimum absolute atomic E-state index is 0.0756. The molecule has 10 heteroatoms. The van der Waals surface area contributed by atoms with Crippen LogP contribution in [-0.4, -0.2) is 37.4 Å². The van der Waals surface area contributed by atoms with Gasteiger partial charge in [-0.3, -0.25) is 9.11 Å². The van der Waals surface area contributed by atoms with Gasteiger partial charge in [0, 0.05) is 11.5 Å². The molecule has 0 atom stereocenters. The summed E-state index contributed by atoms with van der Waals surface area (Å²) in [5.41, 5.74) is 2.12. The largest absolute Gasteiger partial charge is 0.294 e. The van der Waals surface area contributed by atoms with Crippen LogP contribution in [0.1, 0.15) is 36.8 Å². The Hall–Kier alpha value is -1.04.